The third-order valence-corrected chi connectivity index (χ3v) is 4.02. The second-order valence-corrected chi connectivity index (χ2v) is 5.42. The highest BCUT2D eigenvalue weighted by Crippen LogP contribution is 2.33. The number of rotatable bonds is 4. The lowest BCUT2D eigenvalue weighted by Crippen LogP contribution is -2.29. The fourth-order valence-electron chi connectivity index (χ4n) is 2.26. The normalized spacial score (nSPS) is 22.2. The molecule has 7 heteroatoms. The zero-order valence-electron chi connectivity index (χ0n) is 10.4. The van der Waals surface area contributed by atoms with Crippen LogP contribution in [0.25, 0.3) is 0 Å². The Labute approximate surface area is 113 Å². The van der Waals surface area contributed by atoms with Crippen molar-refractivity contribution in [2.75, 3.05) is 5.32 Å². The van der Waals surface area contributed by atoms with Gasteiger partial charge in [-0.2, -0.15) is 0 Å². The van der Waals surface area contributed by atoms with Gasteiger partial charge in [-0.25, -0.2) is 4.98 Å². The minimum atomic E-state index is -0.929. The highest BCUT2D eigenvalue weighted by molar-refractivity contribution is 7.14. The van der Waals surface area contributed by atoms with Crippen molar-refractivity contribution in [1.82, 2.24) is 4.98 Å². The molecule has 1 aliphatic carbocycles. The van der Waals surface area contributed by atoms with Crippen LogP contribution in [-0.2, 0) is 9.59 Å². The Balaban J connectivity index is 2.04. The van der Waals surface area contributed by atoms with Gasteiger partial charge >= 0.3 is 5.97 Å². The highest BCUT2D eigenvalue weighted by atomic mass is 32.1. The van der Waals surface area contributed by atoms with Gasteiger partial charge in [0.2, 0.25) is 5.91 Å². The molecule has 1 aromatic heterocycles. The van der Waals surface area contributed by atoms with Gasteiger partial charge in [0, 0.05) is 12.3 Å². The molecule has 1 saturated carbocycles. The van der Waals surface area contributed by atoms with Gasteiger partial charge in [-0.3, -0.25) is 14.4 Å². The Morgan fingerprint density at radius 3 is 2.63 bits per heavy atom. The monoisotopic (exact) mass is 282 g/mol. The van der Waals surface area contributed by atoms with Crippen LogP contribution in [0.3, 0.4) is 0 Å². The SMILES string of the molecule is CC(=O)c1csc(NC(=O)C2CCCC2C(=O)O)n1. The van der Waals surface area contributed by atoms with Crippen molar-refractivity contribution < 1.29 is 19.5 Å². The Morgan fingerprint density at radius 2 is 2.05 bits per heavy atom. The first-order valence-corrected chi connectivity index (χ1v) is 6.87. The van der Waals surface area contributed by atoms with Gasteiger partial charge in [-0.15, -0.1) is 11.3 Å². The summed E-state index contributed by atoms with van der Waals surface area (Å²) in [6, 6.07) is 0. The number of nitrogens with zero attached hydrogens (tertiary/aromatic N) is 1. The molecule has 2 unspecified atom stereocenters. The minimum absolute atomic E-state index is 0.166. The lowest BCUT2D eigenvalue weighted by Gasteiger charge is -2.14. The Kier molecular flexibility index (Phi) is 3.94. The van der Waals surface area contributed by atoms with Crippen molar-refractivity contribution in [2.24, 2.45) is 11.8 Å². The number of thiazole rings is 1. The molecule has 19 heavy (non-hydrogen) atoms. The fraction of sp³-hybridized carbons (Fsp3) is 0.500. The van der Waals surface area contributed by atoms with Crippen molar-refractivity contribution in [3.8, 4) is 0 Å². The van der Waals surface area contributed by atoms with Gasteiger partial charge < -0.3 is 10.4 Å². The van der Waals surface area contributed by atoms with Crippen molar-refractivity contribution in [2.45, 2.75) is 26.2 Å². The van der Waals surface area contributed by atoms with Crippen LogP contribution < -0.4 is 5.32 Å². The second kappa shape index (κ2) is 5.48. The Hall–Kier alpha value is -1.76. The number of hydrogen-bond donors (Lipinski definition) is 2. The van der Waals surface area contributed by atoms with E-state index in [0.717, 1.165) is 17.8 Å². The van der Waals surface area contributed by atoms with Crippen LogP contribution in [0, 0.1) is 11.8 Å². The maximum Gasteiger partial charge on any atom is 0.307 e. The fourth-order valence-corrected chi connectivity index (χ4v) is 3.01. The number of carbonyl (C=O) groups excluding carboxylic acids is 2. The smallest absolute Gasteiger partial charge is 0.307 e. The second-order valence-electron chi connectivity index (χ2n) is 4.57. The molecule has 1 aromatic rings. The summed E-state index contributed by atoms with van der Waals surface area (Å²) in [5, 5.41) is 13.5. The van der Waals surface area contributed by atoms with Crippen molar-refractivity contribution in [3.05, 3.63) is 11.1 Å². The molecular formula is C12H14N2O4S. The summed E-state index contributed by atoms with van der Waals surface area (Å²) in [5.41, 5.74) is 0.307. The van der Waals surface area contributed by atoms with Gasteiger partial charge in [0.25, 0.3) is 0 Å². The average molecular weight is 282 g/mol. The highest BCUT2D eigenvalue weighted by Gasteiger charge is 2.37. The summed E-state index contributed by atoms with van der Waals surface area (Å²) in [6.45, 7) is 1.40. The van der Waals surface area contributed by atoms with E-state index in [9.17, 15) is 14.4 Å². The number of carboxylic acids is 1. The number of aromatic nitrogens is 1. The molecule has 0 aliphatic heterocycles. The van der Waals surface area contributed by atoms with Crippen LogP contribution in [0.2, 0.25) is 0 Å². The van der Waals surface area contributed by atoms with Crippen molar-refractivity contribution in [1.29, 1.82) is 0 Å². The first-order chi connectivity index (χ1) is 8.99. The van der Waals surface area contributed by atoms with Gasteiger partial charge in [-0.05, 0) is 12.8 Å². The molecule has 0 spiro atoms. The number of nitrogens with one attached hydrogen (secondary N) is 1. The zero-order valence-corrected chi connectivity index (χ0v) is 11.2. The van der Waals surface area contributed by atoms with E-state index < -0.39 is 17.8 Å². The topological polar surface area (TPSA) is 96.4 Å². The summed E-state index contributed by atoms with van der Waals surface area (Å²) >= 11 is 1.16. The van der Waals surface area contributed by atoms with Crippen LogP contribution >= 0.6 is 11.3 Å². The third kappa shape index (κ3) is 2.98. The molecule has 1 fully saturated rings. The van der Waals surface area contributed by atoms with Crippen molar-refractivity contribution in [3.63, 3.8) is 0 Å². The molecule has 0 saturated heterocycles. The first kappa shape index (κ1) is 13.7. The quantitative estimate of drug-likeness (QED) is 0.821. The number of ketones is 1. The molecule has 2 rings (SSSR count). The minimum Gasteiger partial charge on any atom is -0.481 e. The molecule has 2 atom stereocenters. The van der Waals surface area contributed by atoms with E-state index in [2.05, 4.69) is 10.3 Å². The van der Waals surface area contributed by atoms with Crippen molar-refractivity contribution >= 4 is 34.1 Å². The van der Waals surface area contributed by atoms with Crippen LogP contribution in [0.4, 0.5) is 5.13 Å². The molecule has 0 bridgehead atoms. The molecule has 0 aromatic carbocycles. The van der Waals surface area contributed by atoms with E-state index in [1.54, 1.807) is 5.38 Å². The standard InChI is InChI=1S/C12H14N2O4S/c1-6(15)9-5-19-12(13-9)14-10(16)7-3-2-4-8(7)11(17)18/h5,7-8H,2-4H2,1H3,(H,17,18)(H,13,14,16). The number of anilines is 1. The lowest BCUT2D eigenvalue weighted by atomic mass is 9.95. The first-order valence-electron chi connectivity index (χ1n) is 5.99. The third-order valence-electron chi connectivity index (χ3n) is 3.26. The van der Waals surface area contributed by atoms with E-state index in [-0.39, 0.29) is 11.7 Å². The van der Waals surface area contributed by atoms with E-state index in [1.165, 1.54) is 6.92 Å². The molecule has 1 aliphatic rings. The Bertz CT molecular complexity index is 526. The summed E-state index contributed by atoms with van der Waals surface area (Å²) in [6.07, 6.45) is 1.85. The summed E-state index contributed by atoms with van der Waals surface area (Å²) < 4.78 is 0. The van der Waals surface area contributed by atoms with E-state index in [0.29, 0.717) is 23.7 Å². The number of Topliss-reactive ketones (excluding diaryl/α,β-unsaturated/α-hetero) is 1. The van der Waals surface area contributed by atoms with Crippen LogP contribution in [0.15, 0.2) is 5.38 Å². The number of amides is 1. The number of carbonyl (C=O) groups is 3. The average Bonchev–Trinajstić information content (AvgIpc) is 2.96. The summed E-state index contributed by atoms with van der Waals surface area (Å²) in [4.78, 5) is 38.1. The van der Waals surface area contributed by atoms with Crippen LogP contribution in [0.5, 0.6) is 0 Å². The van der Waals surface area contributed by atoms with Gasteiger partial charge in [0.1, 0.15) is 5.69 Å². The van der Waals surface area contributed by atoms with E-state index in [1.807, 2.05) is 0 Å². The zero-order chi connectivity index (χ0) is 14.0. The maximum absolute atomic E-state index is 12.0. The van der Waals surface area contributed by atoms with Gasteiger partial charge in [-0.1, -0.05) is 6.42 Å². The maximum atomic E-state index is 12.0. The molecule has 1 amide bonds. The van der Waals surface area contributed by atoms with Crippen LogP contribution in [0.1, 0.15) is 36.7 Å². The Morgan fingerprint density at radius 1 is 1.37 bits per heavy atom. The molecule has 1 heterocycles. The van der Waals surface area contributed by atoms with E-state index >= 15 is 0 Å². The molecule has 2 N–H and O–H groups in total. The number of hydrogen-bond acceptors (Lipinski definition) is 5. The molecular weight excluding hydrogens is 268 g/mol. The van der Waals surface area contributed by atoms with Gasteiger partial charge in [0.15, 0.2) is 10.9 Å². The molecule has 6 nitrogen and oxygen atoms in total. The summed E-state index contributed by atoms with van der Waals surface area (Å²) in [5.74, 6) is -2.55. The lowest BCUT2D eigenvalue weighted by molar-refractivity contribution is -0.145. The van der Waals surface area contributed by atoms with Gasteiger partial charge in [0.05, 0.1) is 11.8 Å². The molecule has 102 valence electrons. The predicted octanol–water partition coefficient (Wildman–Crippen LogP) is 1.79. The van der Waals surface area contributed by atoms with E-state index in [4.69, 9.17) is 5.11 Å². The summed E-state index contributed by atoms with van der Waals surface area (Å²) in [7, 11) is 0. The van der Waals surface area contributed by atoms with Crippen LogP contribution in [-0.4, -0.2) is 27.8 Å². The largest absolute Gasteiger partial charge is 0.481 e. The number of carboxylic acid groups (broad SMARTS) is 1. The predicted molar refractivity (Wildman–Crippen MR) is 69.2 cm³/mol. The molecule has 0 radical (unpaired) electrons. The number of aliphatic carboxylic acids is 1.